The van der Waals surface area contributed by atoms with Crippen molar-refractivity contribution in [1.29, 1.82) is 0 Å². The van der Waals surface area contributed by atoms with Crippen molar-refractivity contribution in [3.05, 3.63) is 241 Å². The SMILES string of the molecule is CC.CC.CC.CC.NC(=N/C(=C\Cc1ccc(-c2ccc3oc4ccccc4c3c2)cc1)c1cccc(-n2c3ccccc3c3ccccc32)c1)c1ccccc1.c1ccc2c(c1)[nH]c1ccccc12. The molecule has 0 saturated carbocycles. The van der Waals surface area contributed by atoms with Gasteiger partial charge in [-0.25, -0.2) is 4.99 Å². The Morgan fingerprint density at radius 3 is 1.56 bits per heavy atom. The molecule has 0 atom stereocenters. The number of furan rings is 1. The molecule has 356 valence electrons. The number of benzene rings is 9. The lowest BCUT2D eigenvalue weighted by Crippen LogP contribution is -2.13. The standard InChI is InChI=1S/C46H33N3O.C12H9N.4C2H6/c47-46(33-11-2-1-3-12-33)48-41(35-13-10-14-36(29-35)49-42-18-7-4-15-37(42)38-16-5-8-19-43(38)49)27-23-31-21-24-32(25-22-31)34-26-28-45-40(30-34)39-17-6-9-20-44(39)50-45;1-3-7-11-9(5-1)10-6-2-4-8-12(10)13-11;4*1-2/h1-22,24-30H,23H2,(H2,47,48);1-8,13H;4*1-2H3/b41-27-;;;;;. The Morgan fingerprint density at radius 2 is 0.944 bits per heavy atom. The van der Waals surface area contributed by atoms with Gasteiger partial charge in [-0.3, -0.25) is 0 Å². The van der Waals surface area contributed by atoms with Crippen molar-refractivity contribution < 1.29 is 4.42 Å². The lowest BCUT2D eigenvalue weighted by atomic mass is 10.0. The molecule has 0 unspecified atom stereocenters. The van der Waals surface area contributed by atoms with Gasteiger partial charge < -0.3 is 19.7 Å². The minimum absolute atomic E-state index is 0.483. The normalized spacial score (nSPS) is 11.1. The first kappa shape index (κ1) is 50.5. The average Bonchev–Trinajstić information content (AvgIpc) is 4.14. The summed E-state index contributed by atoms with van der Waals surface area (Å²) in [4.78, 5) is 8.41. The van der Waals surface area contributed by atoms with Crippen molar-refractivity contribution in [3.63, 3.8) is 0 Å². The molecule has 0 radical (unpaired) electrons. The van der Waals surface area contributed by atoms with E-state index in [9.17, 15) is 0 Å². The maximum Gasteiger partial charge on any atom is 0.135 e. The molecule has 0 aliphatic carbocycles. The highest BCUT2D eigenvalue weighted by Crippen LogP contribution is 2.35. The molecule has 0 spiro atoms. The fraction of sp³-hybridized carbons (Fsp3) is 0.136. The zero-order valence-electron chi connectivity index (χ0n) is 42.4. The summed E-state index contributed by atoms with van der Waals surface area (Å²) in [5.41, 5.74) is 20.5. The Kier molecular flexibility index (Phi) is 17.6. The van der Waals surface area contributed by atoms with Crippen LogP contribution in [0.2, 0.25) is 0 Å². The molecular weight excluding hydrogens is 865 g/mol. The van der Waals surface area contributed by atoms with Crippen LogP contribution in [0.3, 0.4) is 0 Å². The summed E-state index contributed by atoms with van der Waals surface area (Å²) in [6.07, 6.45) is 2.88. The molecule has 3 N–H and O–H groups in total. The second-order valence-electron chi connectivity index (χ2n) is 15.8. The van der Waals surface area contributed by atoms with Crippen LogP contribution in [0.25, 0.3) is 88.1 Å². The van der Waals surface area contributed by atoms with Crippen molar-refractivity contribution in [2.24, 2.45) is 10.7 Å². The number of rotatable bonds is 7. The predicted octanol–water partition coefficient (Wildman–Crippen LogP) is 18.8. The Bertz CT molecular complexity index is 3560. The number of H-pyrrole nitrogens is 1. The Labute approximate surface area is 419 Å². The molecule has 3 heterocycles. The van der Waals surface area contributed by atoms with E-state index in [0.717, 1.165) is 55.6 Å². The molecule has 3 aromatic heterocycles. The number of fused-ring (bicyclic) bond motifs is 9. The van der Waals surface area contributed by atoms with Crippen LogP contribution in [0, 0.1) is 0 Å². The Morgan fingerprint density at radius 1 is 0.451 bits per heavy atom. The topological polar surface area (TPSA) is 72.2 Å². The third-order valence-corrected chi connectivity index (χ3v) is 11.9. The molecule has 5 heteroatoms. The fourth-order valence-corrected chi connectivity index (χ4v) is 8.79. The zero-order valence-corrected chi connectivity index (χ0v) is 42.4. The van der Waals surface area contributed by atoms with Crippen LogP contribution >= 0.6 is 0 Å². The van der Waals surface area contributed by atoms with Gasteiger partial charge in [0.15, 0.2) is 0 Å². The third-order valence-electron chi connectivity index (χ3n) is 11.9. The van der Waals surface area contributed by atoms with Gasteiger partial charge in [0.1, 0.15) is 17.0 Å². The molecule has 0 saturated heterocycles. The summed E-state index contributed by atoms with van der Waals surface area (Å²) >= 11 is 0. The number of allylic oxidation sites excluding steroid dienone is 1. The Balaban J connectivity index is 0.000000296. The van der Waals surface area contributed by atoms with Crippen molar-refractivity contribution in [2.45, 2.75) is 61.8 Å². The highest BCUT2D eigenvalue weighted by molar-refractivity contribution is 6.10. The van der Waals surface area contributed by atoms with Crippen molar-refractivity contribution >= 4 is 77.1 Å². The van der Waals surface area contributed by atoms with Gasteiger partial charge in [0, 0.05) is 60.2 Å². The van der Waals surface area contributed by atoms with Crippen molar-refractivity contribution in [3.8, 4) is 16.8 Å². The molecule has 5 nitrogen and oxygen atoms in total. The molecule has 71 heavy (non-hydrogen) atoms. The van der Waals surface area contributed by atoms with E-state index in [-0.39, 0.29) is 0 Å². The van der Waals surface area contributed by atoms with Gasteiger partial charge >= 0.3 is 0 Å². The summed E-state index contributed by atoms with van der Waals surface area (Å²) in [5.74, 6) is 0.483. The first-order chi connectivity index (χ1) is 35.1. The number of amidine groups is 1. The van der Waals surface area contributed by atoms with Gasteiger partial charge in [-0.2, -0.15) is 0 Å². The molecule has 0 bridgehead atoms. The molecule has 0 fully saturated rings. The van der Waals surface area contributed by atoms with Crippen molar-refractivity contribution in [2.75, 3.05) is 0 Å². The summed E-state index contributed by atoms with van der Waals surface area (Å²) in [5, 5.41) is 7.34. The summed E-state index contributed by atoms with van der Waals surface area (Å²) in [6.45, 7) is 16.0. The van der Waals surface area contributed by atoms with Gasteiger partial charge in [-0.05, 0) is 77.7 Å². The Hall–Kier alpha value is -8.41. The number of nitrogens with zero attached hydrogens (tertiary/aromatic N) is 2. The summed E-state index contributed by atoms with van der Waals surface area (Å²) < 4.78 is 8.38. The highest BCUT2D eigenvalue weighted by Gasteiger charge is 2.14. The second-order valence-corrected chi connectivity index (χ2v) is 15.8. The highest BCUT2D eigenvalue weighted by atomic mass is 16.3. The van der Waals surface area contributed by atoms with E-state index in [2.05, 4.69) is 192 Å². The molecular formula is C66H66N4O. The van der Waals surface area contributed by atoms with Crippen LogP contribution in [0.1, 0.15) is 72.1 Å². The van der Waals surface area contributed by atoms with E-state index in [0.29, 0.717) is 12.3 Å². The number of nitrogens with one attached hydrogen (secondary N) is 1. The van der Waals surface area contributed by atoms with Crippen LogP contribution in [-0.2, 0) is 6.42 Å². The van der Waals surface area contributed by atoms with Gasteiger partial charge in [-0.1, -0.05) is 225 Å². The third kappa shape index (κ3) is 11.1. The molecule has 0 amide bonds. The molecule has 12 rings (SSSR count). The van der Waals surface area contributed by atoms with Gasteiger partial charge in [0.25, 0.3) is 0 Å². The van der Waals surface area contributed by atoms with Crippen LogP contribution in [0.15, 0.2) is 234 Å². The van der Waals surface area contributed by atoms with E-state index in [1.54, 1.807) is 0 Å². The lowest BCUT2D eigenvalue weighted by Gasteiger charge is -2.12. The van der Waals surface area contributed by atoms with Gasteiger partial charge in [-0.15, -0.1) is 0 Å². The van der Waals surface area contributed by atoms with E-state index in [1.165, 1.54) is 49.2 Å². The zero-order chi connectivity index (χ0) is 50.1. The monoisotopic (exact) mass is 931 g/mol. The first-order valence-corrected chi connectivity index (χ1v) is 25.3. The smallest absolute Gasteiger partial charge is 0.135 e. The number of nitrogens with two attached hydrogens (primary N) is 1. The predicted molar refractivity (Wildman–Crippen MR) is 310 cm³/mol. The van der Waals surface area contributed by atoms with E-state index in [1.807, 2.05) is 97.9 Å². The number of hydrogen-bond donors (Lipinski definition) is 2. The minimum atomic E-state index is 0.483. The van der Waals surface area contributed by atoms with Crippen LogP contribution in [-0.4, -0.2) is 15.4 Å². The van der Waals surface area contributed by atoms with E-state index < -0.39 is 0 Å². The molecule has 0 aliphatic heterocycles. The van der Waals surface area contributed by atoms with Crippen LogP contribution in [0.5, 0.6) is 0 Å². The van der Waals surface area contributed by atoms with Crippen LogP contribution < -0.4 is 5.73 Å². The molecule has 9 aromatic carbocycles. The number of para-hydroxylation sites is 5. The van der Waals surface area contributed by atoms with Crippen LogP contribution in [0.4, 0.5) is 0 Å². The van der Waals surface area contributed by atoms with Crippen molar-refractivity contribution in [1.82, 2.24) is 9.55 Å². The second kappa shape index (κ2) is 24.7. The summed E-state index contributed by atoms with van der Waals surface area (Å²) in [7, 11) is 0. The molecule has 12 aromatic rings. The average molecular weight is 931 g/mol. The van der Waals surface area contributed by atoms with Gasteiger partial charge in [0.2, 0.25) is 0 Å². The lowest BCUT2D eigenvalue weighted by molar-refractivity contribution is 0.669. The number of aromatic nitrogens is 2. The maximum absolute atomic E-state index is 6.63. The first-order valence-electron chi connectivity index (χ1n) is 25.3. The molecule has 0 aliphatic rings. The number of aliphatic imine (C=N–C) groups is 1. The van der Waals surface area contributed by atoms with E-state index >= 15 is 0 Å². The minimum Gasteiger partial charge on any atom is -0.456 e. The fourth-order valence-electron chi connectivity index (χ4n) is 8.79. The largest absolute Gasteiger partial charge is 0.456 e. The quantitative estimate of drug-likeness (QED) is 0.123. The number of aromatic amines is 1. The maximum atomic E-state index is 6.63. The number of hydrogen-bond acceptors (Lipinski definition) is 2. The van der Waals surface area contributed by atoms with Gasteiger partial charge in [0.05, 0.1) is 16.7 Å². The summed E-state index contributed by atoms with van der Waals surface area (Å²) in [6, 6.07) is 75.8. The van der Waals surface area contributed by atoms with E-state index in [4.69, 9.17) is 15.1 Å².